The fourth-order valence-electron chi connectivity index (χ4n) is 4.20. The molecule has 0 radical (unpaired) electrons. The number of sulfonamides is 1. The molecule has 0 bridgehead atoms. The molecule has 1 aliphatic rings. The standard InChI is InChI=1S/C21H26ClFN6O4S/c1-11(2)29-16-7-12(6-14(23)20(16)26-18(29)10-30)19-13(22)8-24-21(27-19)25-15-4-5-28(9-17(15)31)34(3,32)33/h6-8,11,15,17,30-31H,4-5,9-10H2,1-3H3,(H,24,25,27)/t15?,17-/m1/s1. The summed E-state index contributed by atoms with van der Waals surface area (Å²) in [6.07, 6.45) is 1.88. The molecule has 1 aromatic carbocycles. The molecule has 0 spiro atoms. The minimum atomic E-state index is -3.40. The van der Waals surface area contributed by atoms with Crippen molar-refractivity contribution in [3.05, 3.63) is 35.0 Å². The second-order valence-electron chi connectivity index (χ2n) is 8.59. The number of β-amino-alcohol motifs (C(OH)–C–C–N with tert-alkyl or cyclic N) is 1. The monoisotopic (exact) mass is 512 g/mol. The zero-order valence-electron chi connectivity index (χ0n) is 18.9. The van der Waals surface area contributed by atoms with E-state index >= 15 is 0 Å². The SMILES string of the molecule is CC(C)n1c(CO)nc2c(F)cc(-c3nc(NC4CCN(S(C)(=O)=O)C[C@H]4O)ncc3Cl)cc21. The Hall–Kier alpha value is -2.38. The van der Waals surface area contributed by atoms with Gasteiger partial charge in [-0.1, -0.05) is 11.6 Å². The number of fused-ring (bicyclic) bond motifs is 1. The lowest BCUT2D eigenvalue weighted by Gasteiger charge is -2.34. The van der Waals surface area contributed by atoms with Gasteiger partial charge in [0.2, 0.25) is 16.0 Å². The number of nitrogens with zero attached hydrogens (tertiary/aromatic N) is 5. The summed E-state index contributed by atoms with van der Waals surface area (Å²) in [6, 6.07) is 2.44. The van der Waals surface area contributed by atoms with E-state index in [-0.39, 0.29) is 47.9 Å². The van der Waals surface area contributed by atoms with E-state index in [1.807, 2.05) is 13.8 Å². The molecular weight excluding hydrogens is 487 g/mol. The van der Waals surface area contributed by atoms with Crippen LogP contribution in [0.4, 0.5) is 10.3 Å². The number of aromatic nitrogens is 4. The Bertz CT molecular complexity index is 1330. The Morgan fingerprint density at radius 2 is 2.06 bits per heavy atom. The highest BCUT2D eigenvalue weighted by Gasteiger charge is 2.32. The van der Waals surface area contributed by atoms with Gasteiger partial charge in [-0.2, -0.15) is 4.31 Å². The van der Waals surface area contributed by atoms with Crippen LogP contribution in [-0.4, -0.2) is 73.9 Å². The van der Waals surface area contributed by atoms with Crippen molar-refractivity contribution < 1.29 is 23.0 Å². The van der Waals surface area contributed by atoms with E-state index in [0.717, 1.165) is 6.26 Å². The molecule has 3 N–H and O–H groups in total. The van der Waals surface area contributed by atoms with Crippen LogP contribution in [0, 0.1) is 5.82 Å². The lowest BCUT2D eigenvalue weighted by atomic mass is 10.0. The third-order valence-corrected chi connectivity index (χ3v) is 7.37. The van der Waals surface area contributed by atoms with Gasteiger partial charge in [0.15, 0.2) is 5.82 Å². The first kappa shape index (κ1) is 24.7. The van der Waals surface area contributed by atoms with Crippen molar-refractivity contribution in [2.75, 3.05) is 24.7 Å². The maximum atomic E-state index is 15.0. The first-order chi connectivity index (χ1) is 16.0. The van der Waals surface area contributed by atoms with Crippen LogP contribution < -0.4 is 5.32 Å². The number of rotatable bonds is 6. The highest BCUT2D eigenvalue weighted by molar-refractivity contribution is 7.88. The van der Waals surface area contributed by atoms with Gasteiger partial charge in [-0.3, -0.25) is 0 Å². The van der Waals surface area contributed by atoms with Crippen LogP contribution in [0.3, 0.4) is 0 Å². The summed E-state index contributed by atoms with van der Waals surface area (Å²) in [5.41, 5.74) is 1.33. The number of hydrogen-bond donors (Lipinski definition) is 3. The second kappa shape index (κ2) is 9.34. The Labute approximate surface area is 201 Å². The molecule has 2 aromatic heterocycles. The molecule has 10 nitrogen and oxygen atoms in total. The summed E-state index contributed by atoms with van der Waals surface area (Å²) in [5, 5.41) is 23.3. The number of aliphatic hydroxyl groups is 2. The number of halogens is 2. The molecule has 0 saturated carbocycles. The average Bonchev–Trinajstić information content (AvgIpc) is 3.15. The van der Waals surface area contributed by atoms with Crippen LogP contribution >= 0.6 is 11.6 Å². The Morgan fingerprint density at radius 3 is 2.68 bits per heavy atom. The van der Waals surface area contributed by atoms with Crippen molar-refractivity contribution in [1.82, 2.24) is 23.8 Å². The minimum Gasteiger partial charge on any atom is -0.390 e. The minimum absolute atomic E-state index is 0.0365. The van der Waals surface area contributed by atoms with Crippen molar-refractivity contribution in [3.8, 4) is 11.3 Å². The van der Waals surface area contributed by atoms with Crippen LogP contribution in [0.25, 0.3) is 22.3 Å². The molecule has 0 amide bonds. The van der Waals surface area contributed by atoms with E-state index in [1.165, 1.54) is 16.6 Å². The lowest BCUT2D eigenvalue weighted by molar-refractivity contribution is 0.0950. The lowest BCUT2D eigenvalue weighted by Crippen LogP contribution is -2.51. The zero-order valence-corrected chi connectivity index (χ0v) is 20.5. The molecule has 0 aliphatic carbocycles. The van der Waals surface area contributed by atoms with Crippen LogP contribution in [0.5, 0.6) is 0 Å². The Kier molecular flexibility index (Phi) is 6.80. The van der Waals surface area contributed by atoms with Crippen molar-refractivity contribution >= 4 is 38.6 Å². The van der Waals surface area contributed by atoms with Gasteiger partial charge in [-0.05, 0) is 32.4 Å². The molecule has 3 heterocycles. The number of benzene rings is 1. The molecule has 2 atom stereocenters. The van der Waals surface area contributed by atoms with Crippen LogP contribution in [0.15, 0.2) is 18.3 Å². The first-order valence-corrected chi connectivity index (χ1v) is 13.0. The van der Waals surface area contributed by atoms with Gasteiger partial charge < -0.3 is 20.1 Å². The molecular formula is C21H26ClFN6O4S. The predicted octanol–water partition coefficient (Wildman–Crippen LogP) is 2.17. The number of imidazole rings is 1. The van der Waals surface area contributed by atoms with Crippen molar-refractivity contribution in [2.24, 2.45) is 0 Å². The summed E-state index contributed by atoms with van der Waals surface area (Å²) >= 11 is 6.35. The maximum absolute atomic E-state index is 15.0. The third kappa shape index (κ3) is 4.73. The number of anilines is 1. The summed E-state index contributed by atoms with van der Waals surface area (Å²) in [4.78, 5) is 12.8. The smallest absolute Gasteiger partial charge is 0.223 e. The quantitative estimate of drug-likeness (QED) is 0.457. The van der Waals surface area contributed by atoms with Gasteiger partial charge in [0.05, 0.1) is 40.8 Å². The van der Waals surface area contributed by atoms with Crippen LogP contribution in [0.2, 0.25) is 5.02 Å². The molecule has 1 saturated heterocycles. The molecule has 13 heteroatoms. The topological polar surface area (TPSA) is 133 Å². The number of hydrogen-bond acceptors (Lipinski definition) is 8. The molecule has 1 aliphatic heterocycles. The van der Waals surface area contributed by atoms with Gasteiger partial charge in [0, 0.05) is 24.7 Å². The number of piperidine rings is 1. The second-order valence-corrected chi connectivity index (χ2v) is 11.0. The molecule has 34 heavy (non-hydrogen) atoms. The van der Waals surface area contributed by atoms with Gasteiger partial charge in [-0.15, -0.1) is 0 Å². The Balaban J connectivity index is 1.67. The number of aliphatic hydroxyl groups excluding tert-OH is 2. The summed E-state index contributed by atoms with van der Waals surface area (Å²) < 4.78 is 41.4. The van der Waals surface area contributed by atoms with Gasteiger partial charge >= 0.3 is 0 Å². The summed E-state index contributed by atoms with van der Waals surface area (Å²) in [7, 11) is -3.40. The zero-order chi connectivity index (χ0) is 24.8. The van der Waals surface area contributed by atoms with E-state index in [4.69, 9.17) is 11.6 Å². The van der Waals surface area contributed by atoms with Crippen molar-refractivity contribution in [1.29, 1.82) is 0 Å². The molecule has 4 rings (SSSR count). The largest absolute Gasteiger partial charge is 0.390 e. The highest BCUT2D eigenvalue weighted by Crippen LogP contribution is 2.32. The Morgan fingerprint density at radius 1 is 1.32 bits per heavy atom. The van der Waals surface area contributed by atoms with Crippen molar-refractivity contribution in [3.63, 3.8) is 0 Å². The van der Waals surface area contributed by atoms with Gasteiger partial charge in [0.1, 0.15) is 17.9 Å². The van der Waals surface area contributed by atoms with Crippen LogP contribution in [0.1, 0.15) is 32.1 Å². The average molecular weight is 513 g/mol. The summed E-state index contributed by atoms with van der Waals surface area (Å²) in [5.74, 6) is -0.0499. The van der Waals surface area contributed by atoms with Gasteiger partial charge in [0.25, 0.3) is 0 Å². The van der Waals surface area contributed by atoms with E-state index in [9.17, 15) is 23.0 Å². The highest BCUT2D eigenvalue weighted by atomic mass is 35.5. The van der Waals surface area contributed by atoms with Crippen molar-refractivity contribution in [2.45, 2.75) is 45.1 Å². The van der Waals surface area contributed by atoms with E-state index in [1.54, 1.807) is 10.6 Å². The maximum Gasteiger partial charge on any atom is 0.223 e. The predicted molar refractivity (Wildman–Crippen MR) is 126 cm³/mol. The molecule has 184 valence electrons. The van der Waals surface area contributed by atoms with E-state index in [2.05, 4.69) is 20.3 Å². The molecule has 1 fully saturated rings. The van der Waals surface area contributed by atoms with Crippen LogP contribution in [-0.2, 0) is 16.6 Å². The van der Waals surface area contributed by atoms with Gasteiger partial charge in [-0.25, -0.2) is 27.8 Å². The van der Waals surface area contributed by atoms with E-state index in [0.29, 0.717) is 23.3 Å². The molecule has 1 unspecified atom stereocenters. The first-order valence-electron chi connectivity index (χ1n) is 10.7. The normalized spacial score (nSPS) is 19.8. The fraction of sp³-hybridized carbons (Fsp3) is 0.476. The fourth-order valence-corrected chi connectivity index (χ4v) is 5.26. The summed E-state index contributed by atoms with van der Waals surface area (Å²) in [6.45, 7) is 3.70. The van der Waals surface area contributed by atoms with E-state index < -0.39 is 28.0 Å². The number of nitrogens with one attached hydrogen (secondary N) is 1. The molecule has 3 aromatic rings. The third-order valence-electron chi connectivity index (χ3n) is 5.83.